The van der Waals surface area contributed by atoms with Crippen molar-refractivity contribution in [1.29, 1.82) is 0 Å². The summed E-state index contributed by atoms with van der Waals surface area (Å²) in [5.41, 5.74) is 0. The Hall–Kier alpha value is -2.26. The number of rotatable bonds is 19. The van der Waals surface area contributed by atoms with Gasteiger partial charge in [0.25, 0.3) is 0 Å². The summed E-state index contributed by atoms with van der Waals surface area (Å²) < 4.78 is 0. The van der Waals surface area contributed by atoms with Gasteiger partial charge in [-0.05, 0) is 43.2 Å². The second-order valence-electron chi connectivity index (χ2n) is 8.92. The molecule has 0 saturated carbocycles. The van der Waals surface area contributed by atoms with Crippen LogP contribution in [0.4, 0.5) is 5.82 Å². The van der Waals surface area contributed by atoms with Crippen molar-refractivity contribution in [3.63, 3.8) is 0 Å². The third-order valence-corrected chi connectivity index (χ3v) is 5.78. The molecule has 0 aliphatic rings. The zero-order valence-electron chi connectivity index (χ0n) is 21.1. The molecule has 1 heterocycles. The predicted octanol–water partition coefficient (Wildman–Crippen LogP) is 8.46. The number of amides is 1. The molecule has 3 heteroatoms. The third-order valence-electron chi connectivity index (χ3n) is 5.78. The number of anilines is 1. The van der Waals surface area contributed by atoms with Gasteiger partial charge in [0.05, 0.1) is 0 Å². The maximum absolute atomic E-state index is 11.8. The van der Waals surface area contributed by atoms with Crippen molar-refractivity contribution in [2.24, 2.45) is 0 Å². The van der Waals surface area contributed by atoms with Gasteiger partial charge in [0, 0.05) is 25.5 Å². The van der Waals surface area contributed by atoms with E-state index in [1.807, 2.05) is 18.2 Å². The molecule has 0 atom stereocenters. The molecule has 0 saturated heterocycles. The van der Waals surface area contributed by atoms with Crippen LogP contribution in [0.3, 0.4) is 0 Å². The van der Waals surface area contributed by atoms with Crippen molar-refractivity contribution >= 4 is 11.7 Å². The Morgan fingerprint density at radius 2 is 1.24 bits per heavy atom. The largest absolute Gasteiger partial charge is 0.311 e. The van der Waals surface area contributed by atoms with Crippen LogP contribution in [-0.2, 0) is 4.79 Å². The lowest BCUT2D eigenvalue weighted by atomic mass is 10.1. The number of nitrogens with one attached hydrogen (secondary N) is 1. The lowest BCUT2D eigenvalue weighted by Crippen LogP contribution is -2.11. The summed E-state index contributed by atoms with van der Waals surface area (Å²) in [6.45, 7) is 2.27. The van der Waals surface area contributed by atoms with E-state index >= 15 is 0 Å². The zero-order chi connectivity index (χ0) is 23.7. The number of carbonyl (C=O) groups is 1. The Bertz CT molecular complexity index is 706. The molecule has 182 valence electrons. The molecule has 0 bridgehead atoms. The number of nitrogens with zero attached hydrogens (tertiary/aromatic N) is 1. The first-order valence-corrected chi connectivity index (χ1v) is 13.5. The molecule has 3 nitrogen and oxygen atoms in total. The minimum absolute atomic E-state index is 0.0539. The second kappa shape index (κ2) is 22.9. The van der Waals surface area contributed by atoms with Crippen molar-refractivity contribution in [2.75, 3.05) is 5.32 Å². The summed E-state index contributed by atoms with van der Waals surface area (Å²) >= 11 is 0. The quantitative estimate of drug-likeness (QED) is 0.170. The molecule has 1 rings (SSSR count). The summed E-state index contributed by atoms with van der Waals surface area (Å²) in [5, 5.41) is 2.83. The van der Waals surface area contributed by atoms with Crippen LogP contribution in [-0.4, -0.2) is 10.9 Å². The lowest BCUT2D eigenvalue weighted by Gasteiger charge is -2.04. The highest BCUT2D eigenvalue weighted by Crippen LogP contribution is 2.11. The van der Waals surface area contributed by atoms with Crippen LogP contribution in [0.25, 0.3) is 0 Å². The van der Waals surface area contributed by atoms with Gasteiger partial charge < -0.3 is 5.32 Å². The van der Waals surface area contributed by atoms with Crippen molar-refractivity contribution in [3.8, 4) is 23.7 Å². The highest BCUT2D eigenvalue weighted by molar-refractivity contribution is 5.89. The number of hydrogen-bond donors (Lipinski definition) is 1. The van der Waals surface area contributed by atoms with Crippen LogP contribution in [0.5, 0.6) is 0 Å². The highest BCUT2D eigenvalue weighted by Gasteiger charge is 2.02. The third kappa shape index (κ3) is 20.1. The van der Waals surface area contributed by atoms with E-state index in [4.69, 9.17) is 0 Å². The fourth-order valence-corrected chi connectivity index (χ4v) is 3.76. The topological polar surface area (TPSA) is 42.0 Å². The number of pyridine rings is 1. The summed E-state index contributed by atoms with van der Waals surface area (Å²) in [4.78, 5) is 16.0. The van der Waals surface area contributed by atoms with E-state index in [0.29, 0.717) is 12.2 Å². The van der Waals surface area contributed by atoms with Crippen molar-refractivity contribution in [3.05, 3.63) is 24.4 Å². The normalized spacial score (nSPS) is 10.1. The van der Waals surface area contributed by atoms with E-state index in [1.165, 1.54) is 83.5 Å². The van der Waals surface area contributed by atoms with Gasteiger partial charge in [-0.1, -0.05) is 108 Å². The summed E-state index contributed by atoms with van der Waals surface area (Å²) in [6.07, 6.45) is 24.7. The number of hydrogen-bond acceptors (Lipinski definition) is 2. The van der Waals surface area contributed by atoms with Gasteiger partial charge in [-0.2, -0.15) is 0 Å². The molecule has 33 heavy (non-hydrogen) atoms. The smallest absolute Gasteiger partial charge is 0.225 e. The SMILES string of the molecule is CCCCCCCCCCCCC#CC#CCCCCCCCCC(=O)Nc1ccccn1. The first-order chi connectivity index (χ1) is 16.3. The molecule has 0 fully saturated rings. The average molecular weight is 451 g/mol. The Morgan fingerprint density at radius 1 is 0.727 bits per heavy atom. The molecule has 1 N–H and O–H groups in total. The second-order valence-corrected chi connectivity index (χ2v) is 8.92. The maximum Gasteiger partial charge on any atom is 0.225 e. The molecule has 1 aromatic rings. The van der Waals surface area contributed by atoms with Gasteiger partial charge in [0.1, 0.15) is 5.82 Å². The van der Waals surface area contributed by atoms with E-state index in [1.54, 1.807) is 6.20 Å². The van der Waals surface area contributed by atoms with Gasteiger partial charge in [0.15, 0.2) is 0 Å². The average Bonchev–Trinajstić information content (AvgIpc) is 2.83. The van der Waals surface area contributed by atoms with Crippen LogP contribution >= 0.6 is 0 Å². The van der Waals surface area contributed by atoms with Gasteiger partial charge in [-0.3, -0.25) is 4.79 Å². The number of carbonyl (C=O) groups excluding carboxylic acids is 1. The molecule has 0 aromatic carbocycles. The Morgan fingerprint density at radius 3 is 1.76 bits per heavy atom. The Kier molecular flexibility index (Phi) is 20.0. The van der Waals surface area contributed by atoms with Crippen LogP contribution < -0.4 is 5.32 Å². The van der Waals surface area contributed by atoms with Crippen molar-refractivity contribution in [1.82, 2.24) is 4.98 Å². The van der Waals surface area contributed by atoms with Gasteiger partial charge in [-0.25, -0.2) is 4.98 Å². The van der Waals surface area contributed by atoms with E-state index in [9.17, 15) is 4.79 Å². The minimum atomic E-state index is 0.0539. The van der Waals surface area contributed by atoms with Gasteiger partial charge >= 0.3 is 0 Å². The zero-order valence-corrected chi connectivity index (χ0v) is 21.1. The van der Waals surface area contributed by atoms with E-state index in [0.717, 1.165) is 32.1 Å². The van der Waals surface area contributed by atoms with Gasteiger partial charge in [-0.15, -0.1) is 0 Å². The number of aromatic nitrogens is 1. The first kappa shape index (κ1) is 28.8. The van der Waals surface area contributed by atoms with Crippen LogP contribution in [0, 0.1) is 23.7 Å². The summed E-state index contributed by atoms with van der Waals surface area (Å²) in [5.74, 6) is 13.1. The molecule has 1 aromatic heterocycles. The number of unbranched alkanes of at least 4 members (excludes halogenated alkanes) is 16. The standard InChI is InChI=1S/C30H46N2O/c1-2-3-4-5-6-7-8-9-10-11-12-13-14-15-16-17-18-19-20-21-22-23-27-30(33)32-29-26-24-25-28-31-29/h24-26,28H,2-12,17-23,27H2,1H3,(H,31,32,33). The molecule has 0 unspecified atom stereocenters. The predicted molar refractivity (Wildman–Crippen MR) is 142 cm³/mol. The van der Waals surface area contributed by atoms with Crippen LogP contribution in [0.15, 0.2) is 24.4 Å². The molecule has 0 radical (unpaired) electrons. The van der Waals surface area contributed by atoms with Crippen LogP contribution in [0.1, 0.15) is 129 Å². The fraction of sp³-hybridized carbons (Fsp3) is 0.667. The molecule has 0 aliphatic heterocycles. The van der Waals surface area contributed by atoms with E-state index < -0.39 is 0 Å². The maximum atomic E-state index is 11.8. The molecular weight excluding hydrogens is 404 g/mol. The fourth-order valence-electron chi connectivity index (χ4n) is 3.76. The monoisotopic (exact) mass is 450 g/mol. The van der Waals surface area contributed by atoms with E-state index in [2.05, 4.69) is 40.9 Å². The van der Waals surface area contributed by atoms with Gasteiger partial charge in [0.2, 0.25) is 5.91 Å². The van der Waals surface area contributed by atoms with E-state index in [-0.39, 0.29) is 5.91 Å². The van der Waals surface area contributed by atoms with Crippen LogP contribution in [0.2, 0.25) is 0 Å². The minimum Gasteiger partial charge on any atom is -0.311 e. The molecule has 1 amide bonds. The van der Waals surface area contributed by atoms with Crippen molar-refractivity contribution < 1.29 is 4.79 Å². The summed E-state index contributed by atoms with van der Waals surface area (Å²) in [6, 6.07) is 5.53. The molecular formula is C30H46N2O. The highest BCUT2D eigenvalue weighted by atomic mass is 16.1. The Balaban J connectivity index is 1.82. The first-order valence-electron chi connectivity index (χ1n) is 13.5. The lowest BCUT2D eigenvalue weighted by molar-refractivity contribution is -0.116. The Labute approximate surface area is 203 Å². The van der Waals surface area contributed by atoms with Crippen molar-refractivity contribution in [2.45, 2.75) is 129 Å². The molecule has 0 aliphatic carbocycles. The summed E-state index contributed by atoms with van der Waals surface area (Å²) in [7, 11) is 0. The molecule has 0 spiro atoms.